The van der Waals surface area contributed by atoms with Crippen molar-refractivity contribution in [3.8, 4) is 0 Å². The molecule has 0 saturated heterocycles. The number of nitrogens with one attached hydrogen (secondary N) is 1. The summed E-state index contributed by atoms with van der Waals surface area (Å²) in [5, 5.41) is 10.9. The average molecular weight is 192 g/mol. The van der Waals surface area contributed by atoms with Gasteiger partial charge in [-0.15, -0.1) is 0 Å². The predicted octanol–water partition coefficient (Wildman–Crippen LogP) is -0.825. The van der Waals surface area contributed by atoms with Gasteiger partial charge >= 0.3 is 0 Å². The molecule has 1 amide bonds. The van der Waals surface area contributed by atoms with Gasteiger partial charge in [-0.1, -0.05) is 0 Å². The van der Waals surface area contributed by atoms with E-state index in [1.165, 1.54) is 0 Å². The van der Waals surface area contributed by atoms with E-state index in [2.05, 4.69) is 5.32 Å². The lowest BCUT2D eigenvalue weighted by atomic mass is 10.2. The van der Waals surface area contributed by atoms with E-state index in [1.807, 2.05) is 6.26 Å². The SMILES string of the molecule is CSCC[C@H](N)C(=O)NCCO. The monoisotopic (exact) mass is 192 g/mol. The molecule has 0 heterocycles. The van der Waals surface area contributed by atoms with Crippen LogP contribution in [0.25, 0.3) is 0 Å². The summed E-state index contributed by atoms with van der Waals surface area (Å²) in [6, 6.07) is -0.441. The summed E-state index contributed by atoms with van der Waals surface area (Å²) < 4.78 is 0. The molecule has 0 aliphatic carbocycles. The van der Waals surface area contributed by atoms with Gasteiger partial charge in [0.15, 0.2) is 0 Å². The molecule has 0 aliphatic heterocycles. The van der Waals surface area contributed by atoms with Crippen molar-refractivity contribution >= 4 is 17.7 Å². The zero-order valence-electron chi connectivity index (χ0n) is 7.25. The smallest absolute Gasteiger partial charge is 0.237 e. The number of aliphatic hydroxyl groups excluding tert-OH is 1. The quantitative estimate of drug-likeness (QED) is 0.514. The summed E-state index contributed by atoms with van der Waals surface area (Å²) in [7, 11) is 0. The number of hydrogen-bond acceptors (Lipinski definition) is 4. The molecule has 0 aromatic rings. The second-order valence-corrected chi connectivity index (χ2v) is 3.39. The van der Waals surface area contributed by atoms with Gasteiger partial charge in [0.2, 0.25) is 5.91 Å². The van der Waals surface area contributed by atoms with Gasteiger partial charge in [-0.2, -0.15) is 11.8 Å². The Morgan fingerprint density at radius 1 is 1.75 bits per heavy atom. The molecule has 0 fully saturated rings. The van der Waals surface area contributed by atoms with Crippen molar-refractivity contribution in [2.24, 2.45) is 5.73 Å². The molecule has 0 aliphatic rings. The van der Waals surface area contributed by atoms with Gasteiger partial charge in [0.25, 0.3) is 0 Å². The molecule has 5 heteroatoms. The van der Waals surface area contributed by atoms with Crippen molar-refractivity contribution in [2.45, 2.75) is 12.5 Å². The van der Waals surface area contributed by atoms with E-state index in [9.17, 15) is 4.79 Å². The van der Waals surface area contributed by atoms with Crippen molar-refractivity contribution in [1.82, 2.24) is 5.32 Å². The van der Waals surface area contributed by atoms with Gasteiger partial charge in [-0.3, -0.25) is 4.79 Å². The molecule has 0 radical (unpaired) electrons. The molecule has 0 aromatic heterocycles. The Morgan fingerprint density at radius 2 is 2.42 bits per heavy atom. The van der Waals surface area contributed by atoms with E-state index >= 15 is 0 Å². The first kappa shape index (κ1) is 11.7. The van der Waals surface area contributed by atoms with Crippen molar-refractivity contribution in [1.29, 1.82) is 0 Å². The van der Waals surface area contributed by atoms with Crippen molar-refractivity contribution < 1.29 is 9.90 Å². The van der Waals surface area contributed by atoms with Gasteiger partial charge in [0.05, 0.1) is 12.6 Å². The number of aliphatic hydroxyl groups is 1. The molecule has 4 nitrogen and oxygen atoms in total. The molecule has 0 spiro atoms. The fraction of sp³-hybridized carbons (Fsp3) is 0.857. The van der Waals surface area contributed by atoms with Crippen LogP contribution in [0.15, 0.2) is 0 Å². The molecule has 0 saturated carbocycles. The summed E-state index contributed by atoms with van der Waals surface area (Å²) in [6.45, 7) is 0.243. The van der Waals surface area contributed by atoms with Crippen LogP contribution in [0.2, 0.25) is 0 Å². The van der Waals surface area contributed by atoms with Gasteiger partial charge in [-0.25, -0.2) is 0 Å². The lowest BCUT2D eigenvalue weighted by molar-refractivity contribution is -0.122. The molecule has 0 unspecified atom stereocenters. The minimum absolute atomic E-state index is 0.0407. The zero-order chi connectivity index (χ0) is 9.40. The van der Waals surface area contributed by atoms with Crippen LogP contribution in [0.4, 0.5) is 0 Å². The molecule has 0 aromatic carbocycles. The first-order valence-corrected chi connectivity index (χ1v) is 5.24. The second kappa shape index (κ2) is 7.39. The Hall–Kier alpha value is -0.260. The van der Waals surface area contributed by atoms with E-state index in [0.29, 0.717) is 6.42 Å². The first-order valence-electron chi connectivity index (χ1n) is 3.85. The minimum atomic E-state index is -0.441. The molecule has 0 bridgehead atoms. The van der Waals surface area contributed by atoms with Gasteiger partial charge in [0.1, 0.15) is 0 Å². The summed E-state index contributed by atoms with van der Waals surface area (Å²) in [5.74, 6) is 0.700. The number of hydrogen-bond donors (Lipinski definition) is 3. The number of rotatable bonds is 6. The summed E-state index contributed by atoms with van der Waals surface area (Å²) in [5.41, 5.74) is 5.54. The highest BCUT2D eigenvalue weighted by Crippen LogP contribution is 1.98. The second-order valence-electron chi connectivity index (χ2n) is 2.40. The fourth-order valence-electron chi connectivity index (χ4n) is 0.686. The predicted molar refractivity (Wildman–Crippen MR) is 51.1 cm³/mol. The molecule has 4 N–H and O–H groups in total. The van der Waals surface area contributed by atoms with Gasteiger partial charge in [-0.05, 0) is 18.4 Å². The Balaban J connectivity index is 3.47. The summed E-state index contributed by atoms with van der Waals surface area (Å²) >= 11 is 1.66. The molecular weight excluding hydrogens is 176 g/mol. The Labute approximate surface area is 76.9 Å². The van der Waals surface area contributed by atoms with Gasteiger partial charge in [0, 0.05) is 6.54 Å². The highest BCUT2D eigenvalue weighted by atomic mass is 32.2. The van der Waals surface area contributed by atoms with E-state index in [0.717, 1.165) is 5.75 Å². The Morgan fingerprint density at radius 3 is 2.92 bits per heavy atom. The zero-order valence-corrected chi connectivity index (χ0v) is 8.06. The Bertz CT molecular complexity index is 133. The first-order chi connectivity index (χ1) is 5.72. The third-order valence-electron chi connectivity index (χ3n) is 1.38. The van der Waals surface area contributed by atoms with E-state index < -0.39 is 6.04 Å². The highest BCUT2D eigenvalue weighted by molar-refractivity contribution is 7.98. The van der Waals surface area contributed by atoms with Crippen LogP contribution in [0, 0.1) is 0 Å². The van der Waals surface area contributed by atoms with E-state index in [-0.39, 0.29) is 19.1 Å². The topological polar surface area (TPSA) is 75.4 Å². The minimum Gasteiger partial charge on any atom is -0.395 e. The van der Waals surface area contributed by atoms with E-state index in [4.69, 9.17) is 10.8 Å². The molecule has 12 heavy (non-hydrogen) atoms. The standard InChI is InChI=1S/C7H16N2O2S/c1-12-5-2-6(8)7(11)9-3-4-10/h6,10H,2-5,8H2,1H3,(H,9,11)/t6-/m0/s1. The third-order valence-corrected chi connectivity index (χ3v) is 2.02. The number of carbonyl (C=O) groups excluding carboxylic acids is 1. The Kier molecular flexibility index (Phi) is 7.23. The number of carbonyl (C=O) groups is 1. The third kappa shape index (κ3) is 5.40. The number of nitrogens with two attached hydrogens (primary N) is 1. The van der Waals surface area contributed by atoms with Gasteiger partial charge < -0.3 is 16.2 Å². The van der Waals surface area contributed by atoms with E-state index in [1.54, 1.807) is 11.8 Å². The molecule has 1 atom stereocenters. The fourth-order valence-corrected chi connectivity index (χ4v) is 1.18. The maximum absolute atomic E-state index is 11.1. The van der Waals surface area contributed by atoms with Crippen LogP contribution >= 0.6 is 11.8 Å². The lowest BCUT2D eigenvalue weighted by Gasteiger charge is -2.10. The van der Waals surface area contributed by atoms with Crippen LogP contribution in [-0.2, 0) is 4.79 Å². The number of amides is 1. The van der Waals surface area contributed by atoms with Crippen molar-refractivity contribution in [2.75, 3.05) is 25.2 Å². The molecular formula is C7H16N2O2S. The maximum Gasteiger partial charge on any atom is 0.237 e. The van der Waals surface area contributed by atoms with Crippen LogP contribution in [0.1, 0.15) is 6.42 Å². The van der Waals surface area contributed by atoms with Crippen molar-refractivity contribution in [3.63, 3.8) is 0 Å². The summed E-state index contributed by atoms with van der Waals surface area (Å²) in [6.07, 6.45) is 2.65. The maximum atomic E-state index is 11.1. The summed E-state index contributed by atoms with van der Waals surface area (Å²) in [4.78, 5) is 11.1. The molecule has 72 valence electrons. The van der Waals surface area contributed by atoms with Crippen LogP contribution < -0.4 is 11.1 Å². The average Bonchev–Trinajstić information content (AvgIpc) is 2.10. The van der Waals surface area contributed by atoms with Crippen molar-refractivity contribution in [3.05, 3.63) is 0 Å². The normalized spacial score (nSPS) is 12.6. The number of thioether (sulfide) groups is 1. The van der Waals surface area contributed by atoms with Crippen LogP contribution in [-0.4, -0.2) is 42.2 Å². The van der Waals surface area contributed by atoms with Crippen LogP contribution in [0.5, 0.6) is 0 Å². The lowest BCUT2D eigenvalue weighted by Crippen LogP contribution is -2.41. The highest BCUT2D eigenvalue weighted by Gasteiger charge is 2.10. The van der Waals surface area contributed by atoms with Crippen LogP contribution in [0.3, 0.4) is 0 Å². The molecule has 0 rings (SSSR count). The largest absolute Gasteiger partial charge is 0.395 e.